The number of nitrogens with zero attached hydrogens (tertiary/aromatic N) is 2. The quantitative estimate of drug-likeness (QED) is 0.701. The lowest BCUT2D eigenvalue weighted by Crippen LogP contribution is -1.96. The third-order valence-corrected chi connectivity index (χ3v) is 2.47. The average Bonchev–Trinajstić information content (AvgIpc) is 2.55. The second kappa shape index (κ2) is 3.50. The van der Waals surface area contributed by atoms with E-state index in [4.69, 9.17) is 0 Å². The summed E-state index contributed by atoms with van der Waals surface area (Å²) >= 11 is 0. The monoisotopic (exact) mass is 202 g/mol. The zero-order chi connectivity index (χ0) is 11.0. The summed E-state index contributed by atoms with van der Waals surface area (Å²) in [6.07, 6.45) is 2.83. The molecule has 3 heteroatoms. The highest BCUT2D eigenvalue weighted by Crippen LogP contribution is 2.19. The zero-order valence-corrected chi connectivity index (χ0v) is 9.19. The minimum Gasteiger partial charge on any atom is -0.302 e. The summed E-state index contributed by atoms with van der Waals surface area (Å²) < 4.78 is 2.00. The Morgan fingerprint density at radius 2 is 2.13 bits per heavy atom. The Balaban J connectivity index is 2.81. The van der Waals surface area contributed by atoms with Gasteiger partial charge in [0.15, 0.2) is 6.29 Å². The van der Waals surface area contributed by atoms with Crippen LogP contribution in [0.2, 0.25) is 0 Å². The van der Waals surface area contributed by atoms with Gasteiger partial charge in [0.2, 0.25) is 0 Å². The molecule has 0 atom stereocenters. The van der Waals surface area contributed by atoms with Gasteiger partial charge in [-0.1, -0.05) is 19.9 Å². The molecule has 0 amide bonds. The second-order valence-electron chi connectivity index (χ2n) is 4.09. The second-order valence-corrected chi connectivity index (χ2v) is 4.09. The molecule has 2 rings (SSSR count). The molecule has 0 aromatic carbocycles. The number of aldehydes is 1. The molecule has 0 bridgehead atoms. The molecule has 0 radical (unpaired) electrons. The lowest BCUT2D eigenvalue weighted by atomic mass is 10.2. The topological polar surface area (TPSA) is 34.4 Å². The fraction of sp³-hybridized carbons (Fsp3) is 0.333. The lowest BCUT2D eigenvalue weighted by molar-refractivity contribution is 0.112. The Labute approximate surface area is 88.8 Å². The summed E-state index contributed by atoms with van der Waals surface area (Å²) in [6.45, 7) is 6.18. The predicted octanol–water partition coefficient (Wildman–Crippen LogP) is 2.58. The molecule has 0 aliphatic carbocycles. The summed E-state index contributed by atoms with van der Waals surface area (Å²) in [5.74, 6) is 1.25. The SMILES string of the molecule is Cc1ccc2c(C=O)nc(C(C)C)n2c1. The summed E-state index contributed by atoms with van der Waals surface area (Å²) in [4.78, 5) is 15.2. The maximum Gasteiger partial charge on any atom is 0.170 e. The first kappa shape index (κ1) is 9.90. The Bertz CT molecular complexity index is 512. The van der Waals surface area contributed by atoms with Crippen LogP contribution in [0, 0.1) is 6.92 Å². The van der Waals surface area contributed by atoms with Crippen molar-refractivity contribution in [2.45, 2.75) is 26.7 Å². The van der Waals surface area contributed by atoms with Crippen molar-refractivity contribution >= 4 is 11.8 Å². The molecule has 78 valence electrons. The maximum atomic E-state index is 10.9. The van der Waals surface area contributed by atoms with Gasteiger partial charge in [0.1, 0.15) is 11.5 Å². The van der Waals surface area contributed by atoms with Crippen LogP contribution in [0.4, 0.5) is 0 Å². The standard InChI is InChI=1S/C12H14N2O/c1-8(2)12-13-10(7-15)11-5-4-9(3)6-14(11)12/h4-8H,1-3H3. The number of rotatable bonds is 2. The van der Waals surface area contributed by atoms with Gasteiger partial charge in [0.25, 0.3) is 0 Å². The van der Waals surface area contributed by atoms with Gasteiger partial charge in [-0.05, 0) is 18.6 Å². The van der Waals surface area contributed by atoms with E-state index in [9.17, 15) is 4.79 Å². The van der Waals surface area contributed by atoms with Gasteiger partial charge in [-0.15, -0.1) is 0 Å². The Morgan fingerprint density at radius 1 is 1.40 bits per heavy atom. The van der Waals surface area contributed by atoms with Gasteiger partial charge in [0.05, 0.1) is 5.52 Å². The van der Waals surface area contributed by atoms with Gasteiger partial charge >= 0.3 is 0 Å². The van der Waals surface area contributed by atoms with Gasteiger partial charge in [-0.3, -0.25) is 4.79 Å². The number of hydrogen-bond acceptors (Lipinski definition) is 2. The highest BCUT2D eigenvalue weighted by molar-refractivity contribution is 5.83. The van der Waals surface area contributed by atoms with E-state index in [1.807, 2.05) is 29.7 Å². The third-order valence-electron chi connectivity index (χ3n) is 2.47. The summed E-state index contributed by atoms with van der Waals surface area (Å²) in [6, 6.07) is 3.94. The number of imidazole rings is 1. The number of hydrogen-bond donors (Lipinski definition) is 0. The number of aryl methyl sites for hydroxylation is 1. The minimum atomic E-state index is 0.313. The van der Waals surface area contributed by atoms with Crippen LogP contribution in [0.5, 0.6) is 0 Å². The van der Waals surface area contributed by atoms with Crippen molar-refractivity contribution in [2.24, 2.45) is 0 Å². The molecule has 15 heavy (non-hydrogen) atoms. The van der Waals surface area contributed by atoms with Crippen molar-refractivity contribution in [3.8, 4) is 0 Å². The molecular weight excluding hydrogens is 188 g/mol. The van der Waals surface area contributed by atoms with Crippen LogP contribution in [-0.2, 0) is 0 Å². The smallest absolute Gasteiger partial charge is 0.170 e. The van der Waals surface area contributed by atoms with Crippen molar-refractivity contribution in [3.05, 3.63) is 35.4 Å². The Hall–Kier alpha value is -1.64. The third kappa shape index (κ3) is 1.54. The highest BCUT2D eigenvalue weighted by Gasteiger charge is 2.12. The number of carbonyl (C=O) groups excluding carboxylic acids is 1. The molecule has 0 spiro atoms. The first-order valence-corrected chi connectivity index (χ1v) is 5.07. The molecule has 0 fully saturated rings. The van der Waals surface area contributed by atoms with Crippen molar-refractivity contribution < 1.29 is 4.79 Å². The number of aromatic nitrogens is 2. The molecule has 0 aliphatic rings. The molecule has 0 aliphatic heterocycles. The van der Waals surface area contributed by atoms with E-state index in [1.54, 1.807) is 0 Å². The molecule has 0 N–H and O–H groups in total. The number of pyridine rings is 1. The van der Waals surface area contributed by atoms with Crippen LogP contribution < -0.4 is 0 Å². The van der Waals surface area contributed by atoms with E-state index >= 15 is 0 Å². The fourth-order valence-corrected chi connectivity index (χ4v) is 1.73. The largest absolute Gasteiger partial charge is 0.302 e. The van der Waals surface area contributed by atoms with Crippen LogP contribution in [0.1, 0.15) is 41.6 Å². The van der Waals surface area contributed by atoms with Crippen LogP contribution in [-0.4, -0.2) is 15.7 Å². The molecule has 3 nitrogen and oxygen atoms in total. The van der Waals surface area contributed by atoms with E-state index in [2.05, 4.69) is 18.8 Å². The summed E-state index contributed by atoms with van der Waals surface area (Å²) in [5, 5.41) is 0. The summed E-state index contributed by atoms with van der Waals surface area (Å²) in [5.41, 5.74) is 2.58. The van der Waals surface area contributed by atoms with Crippen LogP contribution in [0.3, 0.4) is 0 Å². The van der Waals surface area contributed by atoms with Crippen molar-refractivity contribution in [1.82, 2.24) is 9.38 Å². The van der Waals surface area contributed by atoms with Crippen LogP contribution >= 0.6 is 0 Å². The molecule has 2 aromatic rings. The van der Waals surface area contributed by atoms with Gasteiger partial charge < -0.3 is 4.40 Å². The Kier molecular flexibility index (Phi) is 2.31. The van der Waals surface area contributed by atoms with Gasteiger partial charge in [0, 0.05) is 12.1 Å². The van der Waals surface area contributed by atoms with E-state index in [0.29, 0.717) is 11.6 Å². The van der Waals surface area contributed by atoms with Crippen LogP contribution in [0.15, 0.2) is 18.3 Å². The molecule has 2 aromatic heterocycles. The van der Waals surface area contributed by atoms with Crippen molar-refractivity contribution in [1.29, 1.82) is 0 Å². The molecule has 0 unspecified atom stereocenters. The lowest BCUT2D eigenvalue weighted by Gasteiger charge is -2.04. The number of fused-ring (bicyclic) bond motifs is 1. The molecule has 0 saturated heterocycles. The highest BCUT2D eigenvalue weighted by atomic mass is 16.1. The van der Waals surface area contributed by atoms with Crippen molar-refractivity contribution in [3.63, 3.8) is 0 Å². The normalized spacial score (nSPS) is 11.2. The minimum absolute atomic E-state index is 0.313. The maximum absolute atomic E-state index is 10.9. The summed E-state index contributed by atoms with van der Waals surface area (Å²) in [7, 11) is 0. The molecular formula is C12H14N2O. The first-order valence-electron chi connectivity index (χ1n) is 5.07. The number of carbonyl (C=O) groups is 1. The predicted molar refractivity (Wildman–Crippen MR) is 59.4 cm³/mol. The van der Waals surface area contributed by atoms with E-state index < -0.39 is 0 Å². The van der Waals surface area contributed by atoms with E-state index in [1.165, 1.54) is 5.56 Å². The van der Waals surface area contributed by atoms with Gasteiger partial charge in [-0.2, -0.15) is 0 Å². The van der Waals surface area contributed by atoms with E-state index in [-0.39, 0.29) is 0 Å². The average molecular weight is 202 g/mol. The van der Waals surface area contributed by atoms with Crippen molar-refractivity contribution in [2.75, 3.05) is 0 Å². The van der Waals surface area contributed by atoms with Gasteiger partial charge in [-0.25, -0.2) is 4.98 Å². The Morgan fingerprint density at radius 3 is 2.73 bits per heavy atom. The van der Waals surface area contributed by atoms with E-state index in [0.717, 1.165) is 17.6 Å². The fourth-order valence-electron chi connectivity index (χ4n) is 1.73. The molecule has 0 saturated carbocycles. The molecule has 2 heterocycles. The van der Waals surface area contributed by atoms with Crippen LogP contribution in [0.25, 0.3) is 5.52 Å². The zero-order valence-electron chi connectivity index (χ0n) is 9.19. The first-order chi connectivity index (χ1) is 7.13.